The minimum absolute atomic E-state index is 0.755. The molecular weight excluding hydrogens is 166 g/mol. The number of hydrogen-bond donors (Lipinski definition) is 0. The van der Waals surface area contributed by atoms with Gasteiger partial charge in [0.15, 0.2) is 0 Å². The molecule has 0 atom stereocenters. The Bertz CT molecular complexity index is 284. The van der Waals surface area contributed by atoms with E-state index in [2.05, 4.69) is 0 Å². The van der Waals surface area contributed by atoms with Crippen molar-refractivity contribution in [3.8, 4) is 5.40 Å². The van der Waals surface area contributed by atoms with Gasteiger partial charge in [-0.3, -0.25) is 0 Å². The van der Waals surface area contributed by atoms with Gasteiger partial charge in [0.1, 0.15) is 5.40 Å². The van der Waals surface area contributed by atoms with E-state index < -0.39 is 0 Å². The fourth-order valence-corrected chi connectivity index (χ4v) is 1.10. The van der Waals surface area contributed by atoms with Crippen LogP contribution in [0.15, 0.2) is 36.4 Å². The van der Waals surface area contributed by atoms with Crippen LogP contribution in [-0.2, 0) is 0 Å². The second-order valence-electron chi connectivity index (χ2n) is 2.22. The minimum Gasteiger partial charge on any atom is -0.185 e. The molecule has 0 bridgehead atoms. The normalized spacial score (nSPS) is 9.92. The van der Waals surface area contributed by atoms with Crippen molar-refractivity contribution >= 4 is 17.8 Å². The molecule has 1 aromatic carbocycles. The van der Waals surface area contributed by atoms with Crippen LogP contribution in [0.5, 0.6) is 0 Å². The summed E-state index contributed by atoms with van der Waals surface area (Å²) in [6, 6.07) is 10.1. The summed E-state index contributed by atoms with van der Waals surface area (Å²) in [6.45, 7) is 0. The van der Waals surface area contributed by atoms with Crippen molar-refractivity contribution < 1.29 is 0 Å². The molecule has 0 N–H and O–H groups in total. The van der Waals surface area contributed by atoms with E-state index in [1.807, 2.05) is 47.9 Å². The van der Waals surface area contributed by atoms with Crippen LogP contribution in [0.4, 0.5) is 0 Å². The maximum Gasteiger partial charge on any atom is 0.133 e. The number of hydrogen-bond acceptors (Lipinski definition) is 2. The average molecular weight is 175 g/mol. The Morgan fingerprint density at radius 3 is 2.75 bits per heavy atom. The van der Waals surface area contributed by atoms with Gasteiger partial charge >= 0.3 is 0 Å². The van der Waals surface area contributed by atoms with E-state index in [1.54, 1.807) is 0 Å². The Kier molecular flexibility index (Phi) is 4.04. The molecule has 0 fully saturated rings. The zero-order valence-corrected chi connectivity index (χ0v) is 7.42. The van der Waals surface area contributed by atoms with E-state index in [4.69, 9.17) is 5.26 Å². The maximum absolute atomic E-state index is 8.24. The largest absolute Gasteiger partial charge is 0.185 e. The molecule has 0 spiro atoms. The summed E-state index contributed by atoms with van der Waals surface area (Å²) >= 11 is 1.25. The average Bonchev–Trinajstić information content (AvgIpc) is 2.14. The standard InChI is InChI=1S/C10H9NS/c11-9-12-8-4-7-10-5-2-1-3-6-10/h1-7H,8H2. The summed E-state index contributed by atoms with van der Waals surface area (Å²) in [6.07, 6.45) is 4.01. The number of rotatable bonds is 3. The summed E-state index contributed by atoms with van der Waals surface area (Å²) in [5.74, 6) is 0.755. The third kappa shape index (κ3) is 3.27. The highest BCUT2D eigenvalue weighted by atomic mass is 32.2. The van der Waals surface area contributed by atoms with E-state index >= 15 is 0 Å². The van der Waals surface area contributed by atoms with Crippen LogP contribution < -0.4 is 0 Å². The molecule has 1 nitrogen and oxygen atoms in total. The molecule has 0 amide bonds. The molecule has 2 heteroatoms. The van der Waals surface area contributed by atoms with Crippen LogP contribution in [0.25, 0.3) is 6.08 Å². The van der Waals surface area contributed by atoms with Crippen molar-refractivity contribution in [2.24, 2.45) is 0 Å². The minimum atomic E-state index is 0.755. The van der Waals surface area contributed by atoms with Gasteiger partial charge in [0.05, 0.1) is 0 Å². The first-order valence-electron chi connectivity index (χ1n) is 3.66. The molecule has 0 radical (unpaired) electrons. The molecule has 0 heterocycles. The zero-order chi connectivity index (χ0) is 8.65. The number of nitriles is 1. The van der Waals surface area contributed by atoms with E-state index in [9.17, 15) is 0 Å². The van der Waals surface area contributed by atoms with Crippen LogP contribution in [-0.4, -0.2) is 5.75 Å². The summed E-state index contributed by atoms with van der Waals surface area (Å²) in [4.78, 5) is 0. The van der Waals surface area contributed by atoms with Gasteiger partial charge in [-0.1, -0.05) is 42.5 Å². The fourth-order valence-electron chi connectivity index (χ4n) is 0.834. The first kappa shape index (κ1) is 8.89. The number of benzene rings is 1. The van der Waals surface area contributed by atoms with Crippen LogP contribution in [0, 0.1) is 10.7 Å². The lowest BCUT2D eigenvalue weighted by Gasteiger charge is -1.89. The van der Waals surface area contributed by atoms with Crippen molar-refractivity contribution in [2.75, 3.05) is 5.75 Å². The van der Waals surface area contributed by atoms with Gasteiger partial charge < -0.3 is 0 Å². The number of thiocyanates is 1. The monoisotopic (exact) mass is 175 g/mol. The van der Waals surface area contributed by atoms with Crippen molar-refractivity contribution in [3.05, 3.63) is 42.0 Å². The molecule has 0 aromatic heterocycles. The topological polar surface area (TPSA) is 23.8 Å². The Morgan fingerprint density at radius 1 is 1.33 bits per heavy atom. The fraction of sp³-hybridized carbons (Fsp3) is 0.100. The van der Waals surface area contributed by atoms with Gasteiger partial charge in [-0.05, 0) is 17.3 Å². The van der Waals surface area contributed by atoms with Gasteiger partial charge in [0.2, 0.25) is 0 Å². The predicted octanol–water partition coefficient (Wildman–Crippen LogP) is 2.91. The van der Waals surface area contributed by atoms with Gasteiger partial charge in [-0.2, -0.15) is 5.26 Å². The Labute approximate surface area is 76.7 Å². The van der Waals surface area contributed by atoms with Gasteiger partial charge in [-0.25, -0.2) is 0 Å². The highest BCUT2D eigenvalue weighted by molar-refractivity contribution is 8.03. The first-order valence-corrected chi connectivity index (χ1v) is 4.64. The van der Waals surface area contributed by atoms with Crippen LogP contribution >= 0.6 is 11.8 Å². The van der Waals surface area contributed by atoms with Gasteiger partial charge in [0.25, 0.3) is 0 Å². The molecule has 60 valence electrons. The molecule has 0 unspecified atom stereocenters. The summed E-state index contributed by atoms with van der Waals surface area (Å²) < 4.78 is 0. The molecule has 1 rings (SSSR count). The molecule has 0 aliphatic heterocycles. The van der Waals surface area contributed by atoms with Crippen molar-refractivity contribution in [1.29, 1.82) is 5.26 Å². The van der Waals surface area contributed by atoms with E-state index in [0.717, 1.165) is 5.75 Å². The lowest BCUT2D eigenvalue weighted by atomic mass is 10.2. The van der Waals surface area contributed by atoms with E-state index in [0.29, 0.717) is 0 Å². The number of nitrogens with zero attached hydrogens (tertiary/aromatic N) is 1. The van der Waals surface area contributed by atoms with Crippen molar-refractivity contribution in [1.82, 2.24) is 0 Å². The third-order valence-corrected chi connectivity index (χ3v) is 1.84. The molecule has 12 heavy (non-hydrogen) atoms. The molecule has 0 aliphatic rings. The highest BCUT2D eigenvalue weighted by Gasteiger charge is 1.82. The number of thioether (sulfide) groups is 1. The molecule has 0 saturated heterocycles. The van der Waals surface area contributed by atoms with Crippen LogP contribution in [0.3, 0.4) is 0 Å². The van der Waals surface area contributed by atoms with Crippen molar-refractivity contribution in [2.45, 2.75) is 0 Å². The smallest absolute Gasteiger partial charge is 0.133 e. The molecule has 1 aromatic rings. The summed E-state index contributed by atoms with van der Waals surface area (Å²) in [5, 5.41) is 10.3. The van der Waals surface area contributed by atoms with Crippen LogP contribution in [0.1, 0.15) is 5.56 Å². The third-order valence-electron chi connectivity index (χ3n) is 1.35. The Hall–Kier alpha value is -1.20. The molecule has 0 aliphatic carbocycles. The summed E-state index contributed by atoms with van der Waals surface area (Å²) in [5.41, 5.74) is 1.18. The quantitative estimate of drug-likeness (QED) is 0.521. The van der Waals surface area contributed by atoms with Gasteiger partial charge in [0, 0.05) is 5.75 Å². The zero-order valence-electron chi connectivity index (χ0n) is 6.60. The van der Waals surface area contributed by atoms with Gasteiger partial charge in [-0.15, -0.1) is 0 Å². The second kappa shape index (κ2) is 5.45. The van der Waals surface area contributed by atoms with Crippen molar-refractivity contribution in [3.63, 3.8) is 0 Å². The Balaban J connectivity index is 2.43. The Morgan fingerprint density at radius 2 is 2.08 bits per heavy atom. The predicted molar refractivity (Wildman–Crippen MR) is 53.5 cm³/mol. The summed E-state index contributed by atoms with van der Waals surface area (Å²) in [7, 11) is 0. The lowest BCUT2D eigenvalue weighted by Crippen LogP contribution is -1.70. The second-order valence-corrected chi connectivity index (χ2v) is 3.02. The van der Waals surface area contributed by atoms with E-state index in [1.165, 1.54) is 17.3 Å². The van der Waals surface area contributed by atoms with E-state index in [-0.39, 0.29) is 0 Å². The lowest BCUT2D eigenvalue weighted by molar-refractivity contribution is 1.57. The van der Waals surface area contributed by atoms with Crippen LogP contribution in [0.2, 0.25) is 0 Å². The maximum atomic E-state index is 8.24. The highest BCUT2D eigenvalue weighted by Crippen LogP contribution is 2.03. The molecular formula is C10H9NS. The first-order chi connectivity index (χ1) is 5.93. The molecule has 0 saturated carbocycles. The SMILES string of the molecule is N#CSCC=Cc1ccccc1.